The normalized spacial score (nSPS) is 11.7. The molecule has 0 amide bonds. The topological polar surface area (TPSA) is 29.0 Å². The Kier molecular flexibility index (Phi) is 3.79. The van der Waals surface area contributed by atoms with E-state index in [1.54, 1.807) is 0 Å². The first kappa shape index (κ1) is 13.2. The van der Waals surface area contributed by atoms with Crippen LogP contribution in [0.5, 0.6) is 0 Å². The molecule has 1 aromatic rings. The van der Waals surface area contributed by atoms with Crippen LogP contribution in [0.25, 0.3) is 0 Å². The quantitative estimate of drug-likeness (QED) is 0.745. The highest BCUT2D eigenvalue weighted by molar-refractivity contribution is 6.30. The Morgan fingerprint density at radius 1 is 1.25 bits per heavy atom. The van der Waals surface area contributed by atoms with Crippen molar-refractivity contribution in [3.63, 3.8) is 0 Å². The predicted octanol–water partition coefficient (Wildman–Crippen LogP) is 3.19. The zero-order valence-corrected chi connectivity index (χ0v) is 11.7. The van der Waals surface area contributed by atoms with Crippen LogP contribution in [0.2, 0.25) is 5.15 Å². The van der Waals surface area contributed by atoms with E-state index in [9.17, 15) is 0 Å². The van der Waals surface area contributed by atoms with Crippen molar-refractivity contribution in [1.82, 2.24) is 9.97 Å². The molecular weight excluding hydrogens is 222 g/mol. The van der Waals surface area contributed by atoms with E-state index < -0.39 is 0 Å². The molecule has 0 radical (unpaired) electrons. The van der Waals surface area contributed by atoms with E-state index in [0.29, 0.717) is 5.15 Å². The number of anilines is 1. The first-order chi connectivity index (χ1) is 7.27. The summed E-state index contributed by atoms with van der Waals surface area (Å²) in [6, 6.07) is 0. The van der Waals surface area contributed by atoms with Gasteiger partial charge in [0.05, 0.1) is 0 Å². The van der Waals surface area contributed by atoms with Gasteiger partial charge in [0.2, 0.25) is 0 Å². The largest absolute Gasteiger partial charge is 0.360 e. The molecule has 0 fully saturated rings. The van der Waals surface area contributed by atoms with Gasteiger partial charge in [0.15, 0.2) is 0 Å². The van der Waals surface area contributed by atoms with Crippen LogP contribution in [0.15, 0.2) is 0 Å². The Balaban J connectivity index is 3.33. The number of nitrogens with zero attached hydrogens (tertiary/aromatic N) is 3. The second-order valence-corrected chi connectivity index (χ2v) is 5.41. The number of hydrogen-bond donors (Lipinski definition) is 0. The molecule has 0 spiro atoms. The summed E-state index contributed by atoms with van der Waals surface area (Å²) in [6.45, 7) is 11.2. The lowest BCUT2D eigenvalue weighted by Crippen LogP contribution is -2.23. The van der Waals surface area contributed by atoms with Gasteiger partial charge < -0.3 is 4.90 Å². The van der Waals surface area contributed by atoms with Crippen molar-refractivity contribution in [2.24, 2.45) is 0 Å². The van der Waals surface area contributed by atoms with Crippen LogP contribution in [-0.2, 0) is 5.41 Å². The van der Waals surface area contributed by atoms with E-state index in [0.717, 1.165) is 23.8 Å². The minimum absolute atomic E-state index is 0.0827. The molecule has 0 unspecified atom stereocenters. The Labute approximate surface area is 103 Å². The lowest BCUT2D eigenvalue weighted by Gasteiger charge is -2.23. The minimum Gasteiger partial charge on any atom is -0.360 e. The monoisotopic (exact) mass is 241 g/mol. The van der Waals surface area contributed by atoms with Gasteiger partial charge in [-0.2, -0.15) is 0 Å². The first-order valence-corrected chi connectivity index (χ1v) is 5.91. The fourth-order valence-electron chi connectivity index (χ4n) is 1.34. The molecule has 1 rings (SSSR count). The van der Waals surface area contributed by atoms with E-state index in [1.807, 2.05) is 14.0 Å². The lowest BCUT2D eigenvalue weighted by atomic mass is 9.95. The van der Waals surface area contributed by atoms with Crippen LogP contribution in [0, 0.1) is 6.92 Å². The van der Waals surface area contributed by atoms with Gasteiger partial charge in [-0.15, -0.1) is 0 Å². The van der Waals surface area contributed by atoms with Crippen molar-refractivity contribution in [2.45, 2.75) is 40.0 Å². The van der Waals surface area contributed by atoms with Crippen molar-refractivity contribution >= 4 is 17.4 Å². The molecule has 0 bridgehead atoms. The SMILES string of the molecule is CCN(C)c1nc(C(C)(C)C)nc(Cl)c1C. The summed E-state index contributed by atoms with van der Waals surface area (Å²) in [5.74, 6) is 1.71. The van der Waals surface area contributed by atoms with Crippen molar-refractivity contribution < 1.29 is 0 Å². The van der Waals surface area contributed by atoms with Crippen LogP contribution >= 0.6 is 11.6 Å². The lowest BCUT2D eigenvalue weighted by molar-refractivity contribution is 0.544. The second kappa shape index (κ2) is 4.58. The number of rotatable bonds is 2. The van der Waals surface area contributed by atoms with Crippen LogP contribution < -0.4 is 4.90 Å². The average molecular weight is 242 g/mol. The third kappa shape index (κ3) is 2.64. The Hall–Kier alpha value is -0.830. The molecule has 1 aromatic heterocycles. The van der Waals surface area contributed by atoms with E-state index in [1.165, 1.54) is 0 Å². The second-order valence-electron chi connectivity index (χ2n) is 5.05. The van der Waals surface area contributed by atoms with Gasteiger partial charge in [-0.3, -0.25) is 0 Å². The molecule has 0 aliphatic rings. The summed E-state index contributed by atoms with van der Waals surface area (Å²) in [4.78, 5) is 11.0. The molecule has 3 nitrogen and oxygen atoms in total. The summed E-state index contributed by atoms with van der Waals surface area (Å²) < 4.78 is 0. The molecule has 16 heavy (non-hydrogen) atoms. The van der Waals surface area contributed by atoms with Gasteiger partial charge >= 0.3 is 0 Å². The maximum Gasteiger partial charge on any atom is 0.137 e. The fraction of sp³-hybridized carbons (Fsp3) is 0.667. The standard InChI is InChI=1S/C12H20ClN3/c1-7-16(6)10-8(2)9(13)14-11(15-10)12(3,4)5/h7H2,1-6H3. The predicted molar refractivity (Wildman–Crippen MR) is 69.4 cm³/mol. The highest BCUT2D eigenvalue weighted by Gasteiger charge is 2.21. The van der Waals surface area contributed by atoms with Gasteiger partial charge in [0.25, 0.3) is 0 Å². The number of aromatic nitrogens is 2. The summed E-state index contributed by atoms with van der Waals surface area (Å²) in [5.41, 5.74) is 0.861. The molecule has 90 valence electrons. The van der Waals surface area contributed by atoms with E-state index in [4.69, 9.17) is 11.6 Å². The molecule has 0 N–H and O–H groups in total. The minimum atomic E-state index is -0.0827. The molecule has 0 aromatic carbocycles. The number of hydrogen-bond acceptors (Lipinski definition) is 3. The van der Waals surface area contributed by atoms with Crippen LogP contribution in [0.4, 0.5) is 5.82 Å². The van der Waals surface area contributed by atoms with Gasteiger partial charge in [0, 0.05) is 24.6 Å². The van der Waals surface area contributed by atoms with Crippen molar-refractivity contribution in [2.75, 3.05) is 18.5 Å². The molecule has 0 aliphatic heterocycles. The molecule has 4 heteroatoms. The summed E-state index contributed by atoms with van der Waals surface area (Å²) in [6.07, 6.45) is 0. The zero-order chi connectivity index (χ0) is 12.5. The fourth-order valence-corrected chi connectivity index (χ4v) is 1.50. The highest BCUT2D eigenvalue weighted by Crippen LogP contribution is 2.27. The Bertz CT molecular complexity index is 383. The van der Waals surface area contributed by atoms with E-state index in [2.05, 4.69) is 42.6 Å². The smallest absolute Gasteiger partial charge is 0.137 e. The Morgan fingerprint density at radius 2 is 1.81 bits per heavy atom. The van der Waals surface area contributed by atoms with Crippen molar-refractivity contribution in [3.05, 3.63) is 16.5 Å². The van der Waals surface area contributed by atoms with Crippen LogP contribution in [0.1, 0.15) is 39.1 Å². The third-order valence-corrected chi connectivity index (χ3v) is 2.94. The van der Waals surface area contributed by atoms with Gasteiger partial charge in [-0.25, -0.2) is 9.97 Å². The van der Waals surface area contributed by atoms with Crippen LogP contribution in [-0.4, -0.2) is 23.6 Å². The third-order valence-electron chi connectivity index (χ3n) is 2.57. The molecule has 0 atom stereocenters. The van der Waals surface area contributed by atoms with E-state index >= 15 is 0 Å². The summed E-state index contributed by atoms with van der Waals surface area (Å²) in [7, 11) is 2.01. The Morgan fingerprint density at radius 3 is 2.25 bits per heavy atom. The molecule has 0 saturated carbocycles. The molecule has 0 saturated heterocycles. The zero-order valence-electron chi connectivity index (χ0n) is 10.9. The number of halogens is 1. The van der Waals surface area contributed by atoms with E-state index in [-0.39, 0.29) is 5.41 Å². The maximum atomic E-state index is 6.15. The highest BCUT2D eigenvalue weighted by atomic mass is 35.5. The van der Waals surface area contributed by atoms with Crippen molar-refractivity contribution in [3.8, 4) is 0 Å². The maximum absolute atomic E-state index is 6.15. The molecule has 0 aliphatic carbocycles. The summed E-state index contributed by atoms with van der Waals surface area (Å²) >= 11 is 6.15. The van der Waals surface area contributed by atoms with Crippen molar-refractivity contribution in [1.29, 1.82) is 0 Å². The van der Waals surface area contributed by atoms with Gasteiger partial charge in [-0.1, -0.05) is 32.4 Å². The van der Waals surface area contributed by atoms with Gasteiger partial charge in [-0.05, 0) is 13.8 Å². The van der Waals surface area contributed by atoms with Gasteiger partial charge in [0.1, 0.15) is 16.8 Å². The first-order valence-electron chi connectivity index (χ1n) is 5.53. The molecule has 1 heterocycles. The van der Waals surface area contributed by atoms with Crippen LogP contribution in [0.3, 0.4) is 0 Å². The summed E-state index contributed by atoms with van der Waals surface area (Å²) in [5, 5.41) is 0.551. The average Bonchev–Trinajstić information content (AvgIpc) is 2.19. The molecular formula is C12H20ClN3.